The first kappa shape index (κ1) is 27.4. The summed E-state index contributed by atoms with van der Waals surface area (Å²) in [4.78, 5) is 36.9. The van der Waals surface area contributed by atoms with Gasteiger partial charge in [0.1, 0.15) is 11.6 Å². The van der Waals surface area contributed by atoms with Gasteiger partial charge < -0.3 is 19.4 Å². The Morgan fingerprint density at radius 1 is 1.03 bits per heavy atom. The minimum atomic E-state index is -0.350. The summed E-state index contributed by atoms with van der Waals surface area (Å²) in [6.07, 6.45) is 1.74. The van der Waals surface area contributed by atoms with E-state index in [1.54, 1.807) is 53.4 Å². The molecule has 0 radical (unpaired) electrons. The number of benzene rings is 2. The average Bonchev–Trinajstić information content (AvgIpc) is 3.41. The lowest BCUT2D eigenvalue weighted by molar-refractivity contribution is -0.131. The van der Waals surface area contributed by atoms with Crippen LogP contribution in [0.1, 0.15) is 27.4 Å². The number of pyridine rings is 1. The van der Waals surface area contributed by atoms with Gasteiger partial charge in [-0.25, -0.2) is 9.37 Å². The standard InChI is InChI=1S/C29H29Cl2FN4O3/c1-34(28(37)14-19-2-6-22(32)7-3-19)26-18-36(17-23(26)20-4-8-24(30)25(31)15-20)29(38)21-5-9-27(33-16-21)35-10-12-39-13-11-35/h2-9,15-16,23,26H,10-14,17-18H2,1H3. The van der Waals surface area contributed by atoms with E-state index >= 15 is 0 Å². The number of amides is 2. The molecule has 3 aromatic rings. The van der Waals surface area contributed by atoms with Crippen LogP contribution >= 0.6 is 23.2 Å². The van der Waals surface area contributed by atoms with Crippen LogP contribution in [0, 0.1) is 5.82 Å². The Kier molecular flexibility index (Phi) is 8.35. The maximum Gasteiger partial charge on any atom is 0.255 e. The number of morpholine rings is 1. The van der Waals surface area contributed by atoms with Gasteiger partial charge in [0.2, 0.25) is 5.91 Å². The predicted octanol–water partition coefficient (Wildman–Crippen LogP) is 4.67. The minimum Gasteiger partial charge on any atom is -0.378 e. The molecule has 7 nitrogen and oxygen atoms in total. The molecule has 10 heteroatoms. The van der Waals surface area contributed by atoms with E-state index in [1.807, 2.05) is 12.1 Å². The minimum absolute atomic E-state index is 0.123. The number of aromatic nitrogens is 1. The zero-order valence-electron chi connectivity index (χ0n) is 21.5. The smallest absolute Gasteiger partial charge is 0.255 e. The van der Waals surface area contributed by atoms with Gasteiger partial charge in [0.05, 0.1) is 41.3 Å². The zero-order valence-corrected chi connectivity index (χ0v) is 23.0. The van der Waals surface area contributed by atoms with Crippen LogP contribution in [0.15, 0.2) is 60.8 Å². The molecule has 0 aliphatic carbocycles. The molecule has 2 aliphatic heterocycles. The van der Waals surface area contributed by atoms with E-state index in [0.717, 1.165) is 30.0 Å². The fraction of sp³-hybridized carbons (Fsp3) is 0.345. The first-order valence-corrected chi connectivity index (χ1v) is 13.6. The summed E-state index contributed by atoms with van der Waals surface area (Å²) in [6, 6.07) is 14.7. The number of carbonyl (C=O) groups excluding carboxylic acids is 2. The number of hydrogen-bond donors (Lipinski definition) is 0. The van der Waals surface area contributed by atoms with Crippen molar-refractivity contribution in [2.75, 3.05) is 51.3 Å². The summed E-state index contributed by atoms with van der Waals surface area (Å²) >= 11 is 12.5. The molecule has 2 fully saturated rings. The van der Waals surface area contributed by atoms with E-state index < -0.39 is 0 Å². The summed E-state index contributed by atoms with van der Waals surface area (Å²) in [5, 5.41) is 0.857. The van der Waals surface area contributed by atoms with Crippen molar-refractivity contribution < 1.29 is 18.7 Å². The Morgan fingerprint density at radius 2 is 1.77 bits per heavy atom. The lowest BCUT2D eigenvalue weighted by atomic mass is 9.93. The van der Waals surface area contributed by atoms with Crippen molar-refractivity contribution in [2.45, 2.75) is 18.4 Å². The third-order valence-electron chi connectivity index (χ3n) is 7.44. The maximum atomic E-state index is 13.6. The summed E-state index contributed by atoms with van der Waals surface area (Å²) in [7, 11) is 1.74. The first-order valence-electron chi connectivity index (χ1n) is 12.8. The molecule has 2 atom stereocenters. The van der Waals surface area contributed by atoms with Gasteiger partial charge in [-0.15, -0.1) is 0 Å². The van der Waals surface area contributed by atoms with E-state index in [-0.39, 0.29) is 36.0 Å². The zero-order chi connectivity index (χ0) is 27.5. The lowest BCUT2D eigenvalue weighted by Gasteiger charge is -2.29. The fourth-order valence-corrected chi connectivity index (χ4v) is 5.48. The topological polar surface area (TPSA) is 66.0 Å². The van der Waals surface area contributed by atoms with Gasteiger partial charge in [0.25, 0.3) is 5.91 Å². The number of rotatable bonds is 6. The second kappa shape index (κ2) is 11.9. The molecule has 2 amide bonds. The van der Waals surface area contributed by atoms with Crippen molar-refractivity contribution >= 4 is 40.8 Å². The van der Waals surface area contributed by atoms with E-state index in [1.165, 1.54) is 12.1 Å². The number of hydrogen-bond acceptors (Lipinski definition) is 5. The molecule has 2 unspecified atom stereocenters. The fourth-order valence-electron chi connectivity index (χ4n) is 5.18. The van der Waals surface area contributed by atoms with Gasteiger partial charge >= 0.3 is 0 Å². The van der Waals surface area contributed by atoms with Crippen LogP contribution < -0.4 is 4.90 Å². The van der Waals surface area contributed by atoms with E-state index in [9.17, 15) is 14.0 Å². The molecule has 2 aromatic carbocycles. The van der Waals surface area contributed by atoms with Gasteiger partial charge in [-0.05, 0) is 47.5 Å². The number of carbonyl (C=O) groups is 2. The Labute approximate surface area is 237 Å². The van der Waals surface area contributed by atoms with Crippen LogP contribution in [0.3, 0.4) is 0 Å². The van der Waals surface area contributed by atoms with Crippen LogP contribution in [0.25, 0.3) is 0 Å². The van der Waals surface area contributed by atoms with E-state index in [0.29, 0.717) is 41.9 Å². The molecule has 0 spiro atoms. The summed E-state index contributed by atoms with van der Waals surface area (Å²) in [5.74, 6) is 0.0162. The molecule has 39 heavy (non-hydrogen) atoms. The molecule has 1 aromatic heterocycles. The summed E-state index contributed by atoms with van der Waals surface area (Å²) in [5.41, 5.74) is 2.10. The second-order valence-electron chi connectivity index (χ2n) is 9.87. The molecule has 0 N–H and O–H groups in total. The van der Waals surface area contributed by atoms with Crippen LogP contribution in [0.4, 0.5) is 10.2 Å². The largest absolute Gasteiger partial charge is 0.378 e. The highest BCUT2D eigenvalue weighted by Crippen LogP contribution is 2.35. The molecule has 5 rings (SSSR count). The maximum absolute atomic E-state index is 13.6. The molecule has 0 bridgehead atoms. The number of likely N-dealkylation sites (tertiary alicyclic amines) is 1. The number of ether oxygens (including phenoxy) is 1. The average molecular weight is 571 g/mol. The van der Waals surface area contributed by atoms with Gasteiger partial charge in [-0.1, -0.05) is 41.4 Å². The second-order valence-corrected chi connectivity index (χ2v) is 10.7. The monoisotopic (exact) mass is 570 g/mol. The first-order chi connectivity index (χ1) is 18.8. The van der Waals surface area contributed by atoms with Crippen molar-refractivity contribution in [3.63, 3.8) is 0 Å². The van der Waals surface area contributed by atoms with Crippen molar-refractivity contribution in [3.05, 3.63) is 93.3 Å². The molecular formula is C29H29Cl2FN4O3. The number of anilines is 1. The normalized spacial score (nSPS) is 19.3. The molecule has 0 saturated carbocycles. The van der Waals surface area contributed by atoms with Crippen molar-refractivity contribution in [2.24, 2.45) is 0 Å². The highest BCUT2D eigenvalue weighted by Gasteiger charge is 2.40. The quantitative estimate of drug-likeness (QED) is 0.430. The predicted molar refractivity (Wildman–Crippen MR) is 149 cm³/mol. The van der Waals surface area contributed by atoms with Gasteiger partial charge in [-0.3, -0.25) is 9.59 Å². The number of halogens is 3. The van der Waals surface area contributed by atoms with Gasteiger partial charge in [-0.2, -0.15) is 0 Å². The van der Waals surface area contributed by atoms with Gasteiger partial charge in [0, 0.05) is 45.3 Å². The number of likely N-dealkylation sites (N-methyl/N-ethyl adjacent to an activating group) is 1. The summed E-state index contributed by atoms with van der Waals surface area (Å²) in [6.45, 7) is 3.58. The third-order valence-corrected chi connectivity index (χ3v) is 8.18. The van der Waals surface area contributed by atoms with Crippen LogP contribution in [0.2, 0.25) is 10.0 Å². The highest BCUT2D eigenvalue weighted by atomic mass is 35.5. The molecule has 2 aliphatic rings. The molecule has 3 heterocycles. The van der Waals surface area contributed by atoms with E-state index in [4.69, 9.17) is 27.9 Å². The lowest BCUT2D eigenvalue weighted by Crippen LogP contribution is -2.42. The van der Waals surface area contributed by atoms with E-state index in [2.05, 4.69) is 9.88 Å². The molecule has 2 saturated heterocycles. The van der Waals surface area contributed by atoms with Crippen molar-refractivity contribution in [3.8, 4) is 0 Å². The summed E-state index contributed by atoms with van der Waals surface area (Å²) < 4.78 is 18.7. The van der Waals surface area contributed by atoms with Crippen LogP contribution in [0.5, 0.6) is 0 Å². The van der Waals surface area contributed by atoms with Crippen LogP contribution in [-0.2, 0) is 16.0 Å². The third kappa shape index (κ3) is 6.19. The van der Waals surface area contributed by atoms with Gasteiger partial charge in [0.15, 0.2) is 0 Å². The Morgan fingerprint density at radius 3 is 2.44 bits per heavy atom. The van der Waals surface area contributed by atoms with Crippen molar-refractivity contribution in [1.82, 2.24) is 14.8 Å². The molecular weight excluding hydrogens is 542 g/mol. The number of nitrogens with zero attached hydrogens (tertiary/aromatic N) is 4. The highest BCUT2D eigenvalue weighted by molar-refractivity contribution is 6.42. The molecule has 204 valence electrons. The Hall–Kier alpha value is -3.20. The Balaban J connectivity index is 1.36. The SMILES string of the molecule is CN(C(=O)Cc1ccc(F)cc1)C1CN(C(=O)c2ccc(N3CCOCC3)nc2)CC1c1ccc(Cl)c(Cl)c1. The Bertz CT molecular complexity index is 1330. The van der Waals surface area contributed by atoms with Crippen LogP contribution in [-0.4, -0.2) is 79.1 Å². The van der Waals surface area contributed by atoms with Crippen molar-refractivity contribution in [1.29, 1.82) is 0 Å².